The van der Waals surface area contributed by atoms with Crippen LogP contribution in [0.25, 0.3) is 5.69 Å². The fourth-order valence-electron chi connectivity index (χ4n) is 3.04. The number of anilines is 2. The van der Waals surface area contributed by atoms with E-state index < -0.39 is 0 Å². The van der Waals surface area contributed by atoms with Gasteiger partial charge in [0.15, 0.2) is 5.82 Å². The van der Waals surface area contributed by atoms with Gasteiger partial charge in [0, 0.05) is 40.1 Å². The third-order valence-corrected chi connectivity index (χ3v) is 5.15. The summed E-state index contributed by atoms with van der Waals surface area (Å²) in [5.41, 5.74) is 4.67. The molecular formula is C21H16Cl2N6. The van der Waals surface area contributed by atoms with Gasteiger partial charge in [-0.3, -0.25) is 5.10 Å². The minimum absolute atomic E-state index is 0.533. The molecule has 4 aromatic rings. The largest absolute Gasteiger partial charge is 0.339 e. The Morgan fingerprint density at radius 2 is 1.97 bits per heavy atom. The van der Waals surface area contributed by atoms with Crippen LogP contribution in [-0.4, -0.2) is 19.7 Å². The van der Waals surface area contributed by atoms with Gasteiger partial charge in [-0.25, -0.2) is 4.98 Å². The minimum Gasteiger partial charge on any atom is -0.339 e. The molecule has 0 spiro atoms. The summed E-state index contributed by atoms with van der Waals surface area (Å²) < 4.78 is 1.83. The van der Waals surface area contributed by atoms with Gasteiger partial charge in [0.2, 0.25) is 0 Å². The van der Waals surface area contributed by atoms with Gasteiger partial charge in [0.1, 0.15) is 6.07 Å². The molecule has 0 saturated heterocycles. The van der Waals surface area contributed by atoms with Gasteiger partial charge in [-0.1, -0.05) is 29.3 Å². The molecule has 4 rings (SSSR count). The van der Waals surface area contributed by atoms with E-state index in [1.807, 2.05) is 54.1 Å². The Kier molecular flexibility index (Phi) is 5.26. The van der Waals surface area contributed by atoms with Gasteiger partial charge in [0.05, 0.1) is 23.3 Å². The molecule has 8 heteroatoms. The number of imidazole rings is 1. The average Bonchev–Trinajstić information content (AvgIpc) is 3.33. The second-order valence-corrected chi connectivity index (χ2v) is 7.36. The van der Waals surface area contributed by atoms with Gasteiger partial charge < -0.3 is 9.88 Å². The average molecular weight is 423 g/mol. The molecule has 144 valence electrons. The van der Waals surface area contributed by atoms with Crippen LogP contribution in [0.5, 0.6) is 0 Å². The van der Waals surface area contributed by atoms with E-state index in [0.717, 1.165) is 28.3 Å². The molecule has 2 heterocycles. The molecule has 2 N–H and O–H groups in total. The zero-order chi connectivity index (χ0) is 20.4. The summed E-state index contributed by atoms with van der Waals surface area (Å²) in [6, 6.07) is 15.1. The highest BCUT2D eigenvalue weighted by Gasteiger charge is 2.11. The maximum absolute atomic E-state index is 9.54. The molecule has 0 atom stereocenters. The predicted octanol–water partition coefficient (Wildman–Crippen LogP) is 5.42. The van der Waals surface area contributed by atoms with Crippen LogP contribution in [0.4, 0.5) is 11.5 Å². The number of nitriles is 1. The summed E-state index contributed by atoms with van der Waals surface area (Å²) in [6.45, 7) is 1.91. The predicted molar refractivity (Wildman–Crippen MR) is 114 cm³/mol. The zero-order valence-corrected chi connectivity index (χ0v) is 17.0. The fraction of sp³-hybridized carbons (Fsp3) is 0.0952. The first kappa shape index (κ1) is 19.1. The van der Waals surface area contributed by atoms with Crippen molar-refractivity contribution < 1.29 is 0 Å². The Morgan fingerprint density at radius 1 is 1.17 bits per heavy atom. The summed E-state index contributed by atoms with van der Waals surface area (Å²) in [5.74, 6) is 0.637. The second kappa shape index (κ2) is 8.00. The van der Waals surface area contributed by atoms with E-state index in [-0.39, 0.29) is 0 Å². The number of hydrogen-bond acceptors (Lipinski definition) is 4. The first-order valence-electron chi connectivity index (χ1n) is 8.83. The van der Waals surface area contributed by atoms with Gasteiger partial charge in [-0.15, -0.1) is 0 Å². The molecule has 0 saturated carbocycles. The summed E-state index contributed by atoms with van der Waals surface area (Å²) in [4.78, 5) is 4.21. The first-order valence-corrected chi connectivity index (χ1v) is 9.58. The number of halogens is 2. The number of H-pyrrole nitrogens is 1. The van der Waals surface area contributed by atoms with Crippen molar-refractivity contribution >= 4 is 34.7 Å². The molecule has 0 fully saturated rings. The van der Waals surface area contributed by atoms with Crippen molar-refractivity contribution in [2.45, 2.75) is 13.3 Å². The highest BCUT2D eigenvalue weighted by atomic mass is 35.5. The molecule has 0 unspecified atom stereocenters. The van der Waals surface area contributed by atoms with Gasteiger partial charge >= 0.3 is 0 Å². The first-order chi connectivity index (χ1) is 14.0. The van der Waals surface area contributed by atoms with Crippen molar-refractivity contribution in [2.75, 3.05) is 5.32 Å². The van der Waals surface area contributed by atoms with E-state index in [0.29, 0.717) is 27.8 Å². The molecule has 0 radical (unpaired) electrons. The third-order valence-electron chi connectivity index (χ3n) is 4.44. The molecule has 29 heavy (non-hydrogen) atoms. The highest BCUT2D eigenvalue weighted by molar-refractivity contribution is 6.36. The standard InChI is InChI=1S/C21H16Cl2N6/c1-13-11-29(12-25-13)20-6-5-15(7-14(20)10-24)26-21-9-16(27-28-21)8-17-18(22)3-2-4-19(17)23/h2-7,9,11-12H,8H2,1H3,(H2,26,27,28). The molecule has 0 aliphatic rings. The number of hydrogen-bond donors (Lipinski definition) is 2. The van der Waals surface area contributed by atoms with Crippen LogP contribution < -0.4 is 5.32 Å². The van der Waals surface area contributed by atoms with E-state index in [2.05, 4.69) is 26.6 Å². The van der Waals surface area contributed by atoms with Gasteiger partial charge in [0.25, 0.3) is 0 Å². The van der Waals surface area contributed by atoms with Crippen molar-refractivity contribution in [3.8, 4) is 11.8 Å². The van der Waals surface area contributed by atoms with Gasteiger partial charge in [-0.2, -0.15) is 10.4 Å². The fourth-order valence-corrected chi connectivity index (χ4v) is 3.57. The summed E-state index contributed by atoms with van der Waals surface area (Å²) in [6.07, 6.45) is 4.11. The van der Waals surface area contributed by atoms with Crippen LogP contribution in [0, 0.1) is 18.3 Å². The highest BCUT2D eigenvalue weighted by Crippen LogP contribution is 2.27. The molecule has 0 bridgehead atoms. The number of rotatable bonds is 5. The monoisotopic (exact) mass is 422 g/mol. The molecule has 0 amide bonds. The third kappa shape index (κ3) is 4.11. The van der Waals surface area contributed by atoms with Crippen molar-refractivity contribution in [1.29, 1.82) is 5.26 Å². The zero-order valence-electron chi connectivity index (χ0n) is 15.4. The second-order valence-electron chi connectivity index (χ2n) is 6.55. The van der Waals surface area contributed by atoms with E-state index in [9.17, 15) is 5.26 Å². The van der Waals surface area contributed by atoms with Crippen LogP contribution in [0.15, 0.2) is 55.0 Å². The van der Waals surface area contributed by atoms with E-state index in [1.54, 1.807) is 12.4 Å². The summed E-state index contributed by atoms with van der Waals surface area (Å²) in [7, 11) is 0. The van der Waals surface area contributed by atoms with Crippen LogP contribution in [0.2, 0.25) is 10.0 Å². The van der Waals surface area contributed by atoms with Crippen molar-refractivity contribution in [3.05, 3.63) is 87.5 Å². The Bertz CT molecular complexity index is 1200. The van der Waals surface area contributed by atoms with Crippen molar-refractivity contribution in [2.24, 2.45) is 0 Å². The summed E-state index contributed by atoms with van der Waals surface area (Å²) in [5, 5.41) is 21.3. The van der Waals surface area contributed by atoms with Crippen LogP contribution >= 0.6 is 23.2 Å². The number of nitrogens with one attached hydrogen (secondary N) is 2. The number of aromatic amines is 1. The molecule has 2 aromatic heterocycles. The lowest BCUT2D eigenvalue weighted by atomic mass is 10.1. The quantitative estimate of drug-likeness (QED) is 0.449. The SMILES string of the molecule is Cc1cn(-c2ccc(Nc3cc(Cc4c(Cl)cccc4Cl)[nH]n3)cc2C#N)cn1. The summed E-state index contributed by atoms with van der Waals surface area (Å²) >= 11 is 12.5. The molecule has 0 aliphatic heterocycles. The topological polar surface area (TPSA) is 82.3 Å². The number of benzene rings is 2. The van der Waals surface area contributed by atoms with E-state index >= 15 is 0 Å². The van der Waals surface area contributed by atoms with Crippen LogP contribution in [-0.2, 0) is 6.42 Å². The Balaban J connectivity index is 1.54. The van der Waals surface area contributed by atoms with Crippen LogP contribution in [0.1, 0.15) is 22.5 Å². The number of nitrogens with zero attached hydrogens (tertiary/aromatic N) is 4. The Labute approximate surface area is 177 Å². The Hall–Kier alpha value is -3.27. The molecule has 6 nitrogen and oxygen atoms in total. The minimum atomic E-state index is 0.533. The van der Waals surface area contributed by atoms with E-state index in [4.69, 9.17) is 23.2 Å². The molecule has 2 aromatic carbocycles. The lowest BCUT2D eigenvalue weighted by Gasteiger charge is -2.08. The maximum atomic E-state index is 9.54. The van der Waals surface area contributed by atoms with Crippen molar-refractivity contribution in [1.82, 2.24) is 19.7 Å². The van der Waals surface area contributed by atoms with Crippen molar-refractivity contribution in [3.63, 3.8) is 0 Å². The lowest BCUT2D eigenvalue weighted by molar-refractivity contribution is 0.998. The molecule has 0 aliphatic carbocycles. The van der Waals surface area contributed by atoms with Crippen LogP contribution in [0.3, 0.4) is 0 Å². The number of aryl methyl sites for hydroxylation is 1. The smallest absolute Gasteiger partial charge is 0.152 e. The maximum Gasteiger partial charge on any atom is 0.152 e. The molecular weight excluding hydrogens is 407 g/mol. The Morgan fingerprint density at radius 3 is 2.66 bits per heavy atom. The van der Waals surface area contributed by atoms with E-state index in [1.165, 1.54) is 0 Å². The van der Waals surface area contributed by atoms with Gasteiger partial charge in [-0.05, 0) is 42.8 Å². The normalized spacial score (nSPS) is 10.7. The lowest BCUT2D eigenvalue weighted by Crippen LogP contribution is -1.97. The number of aromatic nitrogens is 4.